The van der Waals surface area contributed by atoms with E-state index in [9.17, 15) is 9.59 Å². The van der Waals surface area contributed by atoms with Crippen LogP contribution in [-0.2, 0) is 5.41 Å². The lowest BCUT2D eigenvalue weighted by atomic mass is 9.87. The summed E-state index contributed by atoms with van der Waals surface area (Å²) in [6.45, 7) is 8.09. The predicted molar refractivity (Wildman–Crippen MR) is 133 cm³/mol. The Morgan fingerprint density at radius 3 is 2.18 bits per heavy atom. The van der Waals surface area contributed by atoms with Gasteiger partial charge in [0.2, 0.25) is 11.2 Å². The molecule has 3 aromatic carbocycles. The molecule has 1 heterocycles. The second kappa shape index (κ2) is 8.69. The van der Waals surface area contributed by atoms with E-state index in [4.69, 9.17) is 32.4 Å². The van der Waals surface area contributed by atoms with Crippen LogP contribution in [0.3, 0.4) is 0 Å². The molecule has 0 bridgehead atoms. The topological polar surface area (TPSA) is 56.5 Å². The van der Waals surface area contributed by atoms with Crippen molar-refractivity contribution >= 4 is 40.1 Å². The summed E-state index contributed by atoms with van der Waals surface area (Å²) in [5, 5.41) is 1.18. The van der Waals surface area contributed by atoms with Gasteiger partial charge in [-0.05, 0) is 72.0 Å². The van der Waals surface area contributed by atoms with Gasteiger partial charge in [-0.1, -0.05) is 56.1 Å². The van der Waals surface area contributed by atoms with Gasteiger partial charge >= 0.3 is 5.97 Å². The van der Waals surface area contributed by atoms with E-state index in [0.717, 1.165) is 11.1 Å². The van der Waals surface area contributed by atoms with Crippen molar-refractivity contribution in [3.05, 3.63) is 97.6 Å². The molecular formula is C27H22Cl2O4. The number of rotatable bonds is 3. The second-order valence-electron chi connectivity index (χ2n) is 8.91. The van der Waals surface area contributed by atoms with Crippen LogP contribution in [0, 0.1) is 6.92 Å². The van der Waals surface area contributed by atoms with Crippen molar-refractivity contribution in [3.63, 3.8) is 0 Å². The Morgan fingerprint density at radius 1 is 0.939 bits per heavy atom. The number of esters is 1. The van der Waals surface area contributed by atoms with E-state index < -0.39 is 11.4 Å². The normalized spacial score (nSPS) is 11.6. The van der Waals surface area contributed by atoms with Crippen LogP contribution in [0.1, 0.15) is 42.3 Å². The summed E-state index contributed by atoms with van der Waals surface area (Å²) in [4.78, 5) is 26.4. The first kappa shape index (κ1) is 23.1. The molecule has 0 saturated carbocycles. The van der Waals surface area contributed by atoms with E-state index in [2.05, 4.69) is 20.8 Å². The fraction of sp³-hybridized carbons (Fsp3) is 0.185. The van der Waals surface area contributed by atoms with Crippen LogP contribution in [-0.4, -0.2) is 5.97 Å². The minimum Gasteiger partial charge on any atom is -0.452 e. The Labute approximate surface area is 201 Å². The lowest BCUT2D eigenvalue weighted by Crippen LogP contribution is -2.17. The van der Waals surface area contributed by atoms with Gasteiger partial charge in [0.15, 0.2) is 5.76 Å². The Kier molecular flexibility index (Phi) is 6.08. The molecule has 0 amide bonds. The third kappa shape index (κ3) is 4.68. The first-order valence-corrected chi connectivity index (χ1v) is 11.2. The molecule has 0 saturated heterocycles. The highest BCUT2D eigenvalue weighted by molar-refractivity contribution is 6.32. The van der Waals surface area contributed by atoms with Crippen molar-refractivity contribution in [3.8, 4) is 17.1 Å². The third-order valence-corrected chi connectivity index (χ3v) is 6.08. The number of carbonyl (C=O) groups excluding carboxylic acids is 1. The molecule has 33 heavy (non-hydrogen) atoms. The molecule has 0 unspecified atom stereocenters. The molecule has 4 rings (SSSR count). The number of fused-ring (bicyclic) bond motifs is 1. The van der Waals surface area contributed by atoms with Gasteiger partial charge in [-0.15, -0.1) is 0 Å². The van der Waals surface area contributed by atoms with E-state index >= 15 is 0 Å². The monoisotopic (exact) mass is 480 g/mol. The molecule has 0 spiro atoms. The van der Waals surface area contributed by atoms with Crippen LogP contribution in [0.5, 0.6) is 5.75 Å². The summed E-state index contributed by atoms with van der Waals surface area (Å²) >= 11 is 12.3. The Morgan fingerprint density at radius 2 is 1.58 bits per heavy atom. The molecular weight excluding hydrogens is 459 g/mol. The molecule has 0 aliphatic rings. The average Bonchev–Trinajstić information content (AvgIpc) is 2.77. The first-order valence-electron chi connectivity index (χ1n) is 10.4. The van der Waals surface area contributed by atoms with Crippen LogP contribution in [0.2, 0.25) is 10.0 Å². The van der Waals surface area contributed by atoms with E-state index in [1.165, 1.54) is 6.07 Å². The van der Waals surface area contributed by atoms with Crippen molar-refractivity contribution in [2.24, 2.45) is 0 Å². The lowest BCUT2D eigenvalue weighted by molar-refractivity contribution is 0.0731. The van der Waals surface area contributed by atoms with Crippen molar-refractivity contribution in [1.82, 2.24) is 0 Å². The van der Waals surface area contributed by atoms with Crippen LogP contribution >= 0.6 is 23.2 Å². The number of benzene rings is 3. The quantitative estimate of drug-likeness (QED) is 0.283. The largest absolute Gasteiger partial charge is 0.452 e. The number of carbonyl (C=O) groups is 1. The highest BCUT2D eigenvalue weighted by atomic mass is 35.5. The molecule has 0 fully saturated rings. The van der Waals surface area contributed by atoms with Gasteiger partial charge < -0.3 is 9.15 Å². The highest BCUT2D eigenvalue weighted by Crippen LogP contribution is 2.34. The number of ether oxygens (including phenoxy) is 1. The van der Waals surface area contributed by atoms with E-state index in [1.807, 2.05) is 19.1 Å². The maximum absolute atomic E-state index is 13.4. The SMILES string of the molecule is Cc1cc2oc(-c3ccc(Cl)cc3)c(OC(=O)c3ccc(C(C)(C)C)cc3)c(=O)c2cc1Cl. The first-order chi connectivity index (χ1) is 15.5. The molecule has 0 aliphatic heterocycles. The molecule has 168 valence electrons. The summed E-state index contributed by atoms with van der Waals surface area (Å²) in [6, 6.07) is 17.1. The lowest BCUT2D eigenvalue weighted by Gasteiger charge is -2.19. The zero-order chi connectivity index (χ0) is 23.9. The standard InChI is InChI=1S/C27H22Cl2O4/c1-15-13-22-20(14-21(15)29)23(30)25(24(32-22)16-7-11-19(28)12-8-16)33-26(31)17-5-9-18(10-6-17)27(2,3)4/h5-14H,1-4H3. The van der Waals surface area contributed by atoms with Crippen LogP contribution in [0.15, 0.2) is 69.9 Å². The Hall–Kier alpha value is -3.08. The van der Waals surface area contributed by atoms with Crippen LogP contribution < -0.4 is 10.2 Å². The van der Waals surface area contributed by atoms with Crippen molar-refractivity contribution in [1.29, 1.82) is 0 Å². The average molecular weight is 481 g/mol. The molecule has 0 aliphatic carbocycles. The smallest absolute Gasteiger partial charge is 0.343 e. The Bertz CT molecular complexity index is 1410. The number of halogens is 2. The summed E-state index contributed by atoms with van der Waals surface area (Å²) in [7, 11) is 0. The highest BCUT2D eigenvalue weighted by Gasteiger charge is 2.22. The number of aryl methyl sites for hydroxylation is 1. The van der Waals surface area contributed by atoms with Crippen molar-refractivity contribution in [2.75, 3.05) is 0 Å². The fourth-order valence-electron chi connectivity index (χ4n) is 3.44. The Balaban J connectivity index is 1.84. The van der Waals surface area contributed by atoms with E-state index in [-0.39, 0.29) is 22.3 Å². The minimum atomic E-state index is -0.657. The van der Waals surface area contributed by atoms with Gasteiger partial charge in [0.05, 0.1) is 10.9 Å². The van der Waals surface area contributed by atoms with Gasteiger partial charge in [0.25, 0.3) is 0 Å². The minimum absolute atomic E-state index is 0.0546. The van der Waals surface area contributed by atoms with Crippen LogP contribution in [0.4, 0.5) is 0 Å². The third-order valence-electron chi connectivity index (χ3n) is 5.42. The molecule has 0 atom stereocenters. The van der Waals surface area contributed by atoms with Gasteiger partial charge in [-0.3, -0.25) is 4.79 Å². The van der Waals surface area contributed by atoms with Gasteiger partial charge in [0.1, 0.15) is 5.58 Å². The van der Waals surface area contributed by atoms with E-state index in [1.54, 1.807) is 42.5 Å². The molecule has 6 heteroatoms. The zero-order valence-corrected chi connectivity index (χ0v) is 20.2. The number of hydrogen-bond donors (Lipinski definition) is 0. The summed E-state index contributed by atoms with van der Waals surface area (Å²) in [6.07, 6.45) is 0. The maximum atomic E-state index is 13.4. The molecule has 0 radical (unpaired) electrons. The van der Waals surface area contributed by atoms with Crippen LogP contribution in [0.25, 0.3) is 22.3 Å². The predicted octanol–water partition coefficient (Wildman–Crippen LogP) is 7.59. The van der Waals surface area contributed by atoms with Gasteiger partial charge in [-0.25, -0.2) is 4.79 Å². The van der Waals surface area contributed by atoms with Crippen molar-refractivity contribution in [2.45, 2.75) is 33.1 Å². The van der Waals surface area contributed by atoms with E-state index in [0.29, 0.717) is 26.8 Å². The maximum Gasteiger partial charge on any atom is 0.343 e. The second-order valence-corrected chi connectivity index (χ2v) is 9.75. The molecule has 4 aromatic rings. The van der Waals surface area contributed by atoms with Gasteiger partial charge in [-0.2, -0.15) is 0 Å². The summed E-state index contributed by atoms with van der Waals surface area (Å²) in [5.74, 6) is -0.712. The number of hydrogen-bond acceptors (Lipinski definition) is 4. The van der Waals surface area contributed by atoms with Crippen molar-refractivity contribution < 1.29 is 13.9 Å². The summed E-state index contributed by atoms with van der Waals surface area (Å²) in [5.41, 5.74) is 2.53. The molecule has 1 aromatic heterocycles. The fourth-order valence-corrected chi connectivity index (χ4v) is 3.73. The molecule has 0 N–H and O–H groups in total. The summed E-state index contributed by atoms with van der Waals surface area (Å²) < 4.78 is 11.7. The van der Waals surface area contributed by atoms with Gasteiger partial charge in [0, 0.05) is 15.6 Å². The molecule has 4 nitrogen and oxygen atoms in total. The zero-order valence-electron chi connectivity index (χ0n) is 18.7.